The van der Waals surface area contributed by atoms with Crippen LogP contribution >= 0.6 is 23.2 Å². The first-order valence-corrected chi connectivity index (χ1v) is 11.7. The van der Waals surface area contributed by atoms with Crippen LogP contribution in [-0.4, -0.2) is 25.5 Å². The lowest BCUT2D eigenvalue weighted by molar-refractivity contribution is 0.137. The molecule has 1 aromatic carbocycles. The van der Waals surface area contributed by atoms with Crippen molar-refractivity contribution in [3.63, 3.8) is 0 Å². The molecule has 0 spiro atoms. The third-order valence-corrected chi connectivity index (χ3v) is 4.82. The van der Waals surface area contributed by atoms with E-state index in [1.165, 1.54) is 0 Å². The van der Waals surface area contributed by atoms with Crippen LogP contribution < -0.4 is 9.47 Å². The highest BCUT2D eigenvalue weighted by molar-refractivity contribution is 6.55. The molecule has 0 bridgehead atoms. The summed E-state index contributed by atoms with van der Waals surface area (Å²) >= 11 is 11.3. The van der Waals surface area contributed by atoms with Crippen molar-refractivity contribution in [2.75, 3.05) is 19.8 Å². The van der Waals surface area contributed by atoms with Crippen LogP contribution in [0.3, 0.4) is 0 Å². The summed E-state index contributed by atoms with van der Waals surface area (Å²) in [7, 11) is 0. The van der Waals surface area contributed by atoms with Gasteiger partial charge in [-0.2, -0.15) is 0 Å². The number of ether oxygens (including phenoxy) is 2. The Hall–Kier alpha value is -1.39. The summed E-state index contributed by atoms with van der Waals surface area (Å²) in [5.41, 5.74) is 3.37. The molecule has 0 saturated heterocycles. The van der Waals surface area contributed by atoms with Gasteiger partial charge in [0, 0.05) is 0 Å². The topological polar surface area (TPSA) is 40.0 Å². The van der Waals surface area contributed by atoms with E-state index in [1.807, 2.05) is 19.1 Å². The van der Waals surface area contributed by atoms with Gasteiger partial charge >= 0.3 is 0 Å². The lowest BCUT2D eigenvalue weighted by atomic mass is 10.0. The molecular formula is C24H37Cl2NO3. The van der Waals surface area contributed by atoms with Crippen LogP contribution in [0, 0.1) is 5.92 Å². The van der Waals surface area contributed by atoms with E-state index >= 15 is 0 Å². The van der Waals surface area contributed by atoms with Crippen LogP contribution in [0.4, 0.5) is 0 Å². The Kier molecular flexibility index (Phi) is 13.7. The van der Waals surface area contributed by atoms with Gasteiger partial charge in [0.05, 0.1) is 12.3 Å². The number of rotatable bonds is 15. The fourth-order valence-electron chi connectivity index (χ4n) is 3.12. The number of halogens is 2. The van der Waals surface area contributed by atoms with Gasteiger partial charge in [0.1, 0.15) is 29.2 Å². The molecule has 4 nitrogen and oxygen atoms in total. The largest absolute Gasteiger partial charge is 0.493 e. The van der Waals surface area contributed by atoms with E-state index in [1.54, 1.807) is 6.08 Å². The van der Waals surface area contributed by atoms with Gasteiger partial charge in [-0.25, -0.2) is 0 Å². The number of hydrogen-bond donors (Lipinski definition) is 0. The third-order valence-electron chi connectivity index (χ3n) is 4.52. The summed E-state index contributed by atoms with van der Waals surface area (Å²) in [5, 5.41) is 4.17. The molecule has 0 aliphatic heterocycles. The van der Waals surface area contributed by atoms with Crippen LogP contribution in [0.15, 0.2) is 27.9 Å². The normalized spacial score (nSPS) is 11.5. The molecule has 0 fully saturated rings. The van der Waals surface area contributed by atoms with Crippen molar-refractivity contribution >= 4 is 28.9 Å². The Morgan fingerprint density at radius 1 is 1.00 bits per heavy atom. The first-order chi connectivity index (χ1) is 14.4. The molecule has 0 N–H and O–H groups in total. The summed E-state index contributed by atoms with van der Waals surface area (Å²) < 4.78 is 12.1. The second-order valence-electron chi connectivity index (χ2n) is 7.75. The average Bonchev–Trinajstić information content (AvgIpc) is 2.69. The molecule has 0 aromatic heterocycles. The molecule has 1 rings (SSSR count). The highest BCUT2D eigenvalue weighted by Crippen LogP contribution is 2.31. The van der Waals surface area contributed by atoms with Crippen LogP contribution in [0.5, 0.6) is 11.5 Å². The molecule has 0 unspecified atom stereocenters. The summed E-state index contributed by atoms with van der Waals surface area (Å²) in [5.74, 6) is 2.41. The summed E-state index contributed by atoms with van der Waals surface area (Å²) in [6.07, 6.45) is 7.39. The maximum atomic E-state index is 6.16. The number of nitrogens with zero attached hydrogens (tertiary/aromatic N) is 1. The molecule has 0 heterocycles. The van der Waals surface area contributed by atoms with Gasteiger partial charge in [-0.3, -0.25) is 0 Å². The Morgan fingerprint density at radius 3 is 2.20 bits per heavy atom. The first kappa shape index (κ1) is 26.6. The zero-order valence-electron chi connectivity index (χ0n) is 19.1. The minimum atomic E-state index is 0.212. The second kappa shape index (κ2) is 15.4. The van der Waals surface area contributed by atoms with E-state index in [0.717, 1.165) is 66.9 Å². The molecule has 0 aliphatic rings. The third kappa shape index (κ3) is 11.1. The minimum absolute atomic E-state index is 0.212. The molecule has 0 saturated carbocycles. The van der Waals surface area contributed by atoms with E-state index in [4.69, 9.17) is 37.5 Å². The highest BCUT2D eigenvalue weighted by atomic mass is 35.5. The van der Waals surface area contributed by atoms with Crippen LogP contribution in [0.2, 0.25) is 0 Å². The number of oxime groups is 1. The van der Waals surface area contributed by atoms with E-state index in [-0.39, 0.29) is 4.49 Å². The van der Waals surface area contributed by atoms with Crippen molar-refractivity contribution in [2.24, 2.45) is 11.1 Å². The van der Waals surface area contributed by atoms with Gasteiger partial charge in [0.15, 0.2) is 0 Å². The standard InChI is InChI=1S/C24H37Cl2NO3/c1-6-20-16-22(28-14-11-23(25)26)17-21(7-2)24(20)29-12-9-8-10-13-30-27-19(5)15-18(3)4/h11,16-18H,6-10,12-15H2,1-5H3. The summed E-state index contributed by atoms with van der Waals surface area (Å²) in [4.78, 5) is 5.41. The van der Waals surface area contributed by atoms with Crippen molar-refractivity contribution in [3.8, 4) is 11.5 Å². The Bertz CT molecular complexity index is 658. The highest BCUT2D eigenvalue weighted by Gasteiger charge is 2.11. The monoisotopic (exact) mass is 457 g/mol. The van der Waals surface area contributed by atoms with E-state index < -0.39 is 0 Å². The minimum Gasteiger partial charge on any atom is -0.493 e. The average molecular weight is 458 g/mol. The van der Waals surface area contributed by atoms with Gasteiger partial charge in [-0.1, -0.05) is 56.1 Å². The van der Waals surface area contributed by atoms with Gasteiger partial charge in [0.2, 0.25) is 0 Å². The SMILES string of the molecule is CCc1cc(OCC=C(Cl)Cl)cc(CC)c1OCCCCCON=C(C)CC(C)C. The Morgan fingerprint density at radius 2 is 1.63 bits per heavy atom. The maximum Gasteiger partial charge on any atom is 0.125 e. The van der Waals surface area contributed by atoms with Crippen LogP contribution in [0.25, 0.3) is 0 Å². The van der Waals surface area contributed by atoms with E-state index in [9.17, 15) is 0 Å². The van der Waals surface area contributed by atoms with Gasteiger partial charge in [0.25, 0.3) is 0 Å². The van der Waals surface area contributed by atoms with Crippen LogP contribution in [0.1, 0.15) is 71.4 Å². The number of benzene rings is 1. The quantitative estimate of drug-likeness (QED) is 0.155. The Labute approximate surface area is 192 Å². The molecule has 1 aromatic rings. The van der Waals surface area contributed by atoms with Crippen molar-refractivity contribution in [2.45, 2.75) is 73.1 Å². The fourth-order valence-corrected chi connectivity index (χ4v) is 3.25. The zero-order chi connectivity index (χ0) is 22.4. The first-order valence-electron chi connectivity index (χ1n) is 10.9. The smallest absolute Gasteiger partial charge is 0.125 e. The molecule has 0 atom stereocenters. The number of aryl methyl sites for hydroxylation is 2. The van der Waals surface area contributed by atoms with Crippen molar-refractivity contribution < 1.29 is 14.3 Å². The van der Waals surface area contributed by atoms with Crippen molar-refractivity contribution in [1.29, 1.82) is 0 Å². The molecular weight excluding hydrogens is 421 g/mol. The maximum absolute atomic E-state index is 6.16. The predicted molar refractivity (Wildman–Crippen MR) is 128 cm³/mol. The van der Waals surface area contributed by atoms with E-state index in [0.29, 0.717) is 25.7 Å². The number of hydrogen-bond acceptors (Lipinski definition) is 4. The van der Waals surface area contributed by atoms with Crippen molar-refractivity contribution in [1.82, 2.24) is 0 Å². The van der Waals surface area contributed by atoms with Crippen molar-refractivity contribution in [3.05, 3.63) is 33.8 Å². The van der Waals surface area contributed by atoms with E-state index in [2.05, 4.69) is 32.9 Å². The second-order valence-corrected chi connectivity index (χ2v) is 8.76. The summed E-state index contributed by atoms with van der Waals surface area (Å²) in [6, 6.07) is 4.08. The van der Waals surface area contributed by atoms with Crippen LogP contribution in [-0.2, 0) is 17.7 Å². The van der Waals surface area contributed by atoms with Gasteiger partial charge < -0.3 is 14.3 Å². The van der Waals surface area contributed by atoms with Gasteiger partial charge in [-0.05, 0) is 80.7 Å². The number of unbranched alkanes of at least 4 members (excludes halogenated alkanes) is 2. The molecule has 0 aliphatic carbocycles. The fraction of sp³-hybridized carbons (Fsp3) is 0.625. The molecule has 0 amide bonds. The zero-order valence-corrected chi connectivity index (χ0v) is 20.6. The molecule has 0 radical (unpaired) electrons. The molecule has 6 heteroatoms. The molecule has 170 valence electrons. The molecule has 30 heavy (non-hydrogen) atoms. The predicted octanol–water partition coefficient (Wildman–Crippen LogP) is 7.50. The lowest BCUT2D eigenvalue weighted by Crippen LogP contribution is -2.05. The Balaban J connectivity index is 2.46. The lowest BCUT2D eigenvalue weighted by Gasteiger charge is -2.17. The van der Waals surface area contributed by atoms with Gasteiger partial charge in [-0.15, -0.1) is 0 Å². The summed E-state index contributed by atoms with van der Waals surface area (Å²) in [6.45, 7) is 12.3.